The molecule has 1 aliphatic carbocycles. The lowest BCUT2D eigenvalue weighted by Gasteiger charge is -2.31. The summed E-state index contributed by atoms with van der Waals surface area (Å²) >= 11 is 0. The van der Waals surface area contributed by atoms with Crippen molar-refractivity contribution in [3.05, 3.63) is 29.3 Å². The average Bonchev–Trinajstić information content (AvgIpc) is 2.48. The van der Waals surface area contributed by atoms with Crippen molar-refractivity contribution in [2.45, 2.75) is 45.3 Å². The van der Waals surface area contributed by atoms with Crippen molar-refractivity contribution in [2.75, 3.05) is 12.4 Å². The summed E-state index contributed by atoms with van der Waals surface area (Å²) in [6, 6.07) is 5.85. The maximum Gasteiger partial charge on any atom is 0.321 e. The van der Waals surface area contributed by atoms with Crippen molar-refractivity contribution >= 4 is 11.7 Å². The molecular formula is C17H24N2O2. The average molecular weight is 288 g/mol. The van der Waals surface area contributed by atoms with Crippen molar-refractivity contribution in [1.82, 2.24) is 4.90 Å². The van der Waals surface area contributed by atoms with Crippen LogP contribution in [-0.2, 0) is 6.54 Å². The van der Waals surface area contributed by atoms with Crippen molar-refractivity contribution < 1.29 is 9.90 Å². The molecule has 1 saturated carbocycles. The van der Waals surface area contributed by atoms with Crippen molar-refractivity contribution in [1.29, 1.82) is 0 Å². The van der Waals surface area contributed by atoms with Gasteiger partial charge in [0.2, 0.25) is 0 Å². The summed E-state index contributed by atoms with van der Waals surface area (Å²) in [4.78, 5) is 13.3. The zero-order chi connectivity index (χ0) is 15.0. The number of hydrogen-bond acceptors (Lipinski definition) is 2. The van der Waals surface area contributed by atoms with Crippen LogP contribution < -0.4 is 5.32 Å². The summed E-state index contributed by atoms with van der Waals surface area (Å²) < 4.78 is 0. The van der Waals surface area contributed by atoms with E-state index >= 15 is 0 Å². The first-order valence-corrected chi connectivity index (χ1v) is 7.87. The van der Waals surface area contributed by atoms with Crippen LogP contribution in [0.3, 0.4) is 0 Å². The largest absolute Gasteiger partial charge is 0.388 e. The molecule has 4 heteroatoms. The van der Waals surface area contributed by atoms with Gasteiger partial charge >= 0.3 is 6.03 Å². The Bertz CT molecular complexity index is 536. The summed E-state index contributed by atoms with van der Waals surface area (Å²) in [6.07, 6.45) is 4.26. The molecule has 2 N–H and O–H groups in total. The lowest BCUT2D eigenvalue weighted by atomic mass is 9.78. The van der Waals surface area contributed by atoms with Crippen molar-refractivity contribution in [3.63, 3.8) is 0 Å². The SMILES string of the molecule is CC1CCC(C(O)c2ccc3c(c2)CN(C)C(=O)N3)CC1. The minimum Gasteiger partial charge on any atom is -0.388 e. The van der Waals surface area contributed by atoms with Crippen molar-refractivity contribution in [2.24, 2.45) is 11.8 Å². The monoisotopic (exact) mass is 288 g/mol. The summed E-state index contributed by atoms with van der Waals surface area (Å²) in [5.74, 6) is 1.16. The molecule has 3 rings (SSSR count). The van der Waals surface area contributed by atoms with E-state index in [2.05, 4.69) is 12.2 Å². The summed E-state index contributed by atoms with van der Waals surface area (Å²) in [5, 5.41) is 13.5. The Morgan fingerprint density at radius 2 is 2.00 bits per heavy atom. The van der Waals surface area contributed by atoms with E-state index < -0.39 is 0 Å². The van der Waals surface area contributed by atoms with Gasteiger partial charge < -0.3 is 15.3 Å². The second-order valence-electron chi connectivity index (χ2n) is 6.67. The highest BCUT2D eigenvalue weighted by Crippen LogP contribution is 2.37. The van der Waals surface area contributed by atoms with Gasteiger partial charge in [-0.1, -0.05) is 25.8 Å². The number of benzene rings is 1. The fourth-order valence-electron chi connectivity index (χ4n) is 3.46. The van der Waals surface area contributed by atoms with Crippen LogP contribution in [0.4, 0.5) is 10.5 Å². The van der Waals surface area contributed by atoms with E-state index in [1.165, 1.54) is 12.8 Å². The fraction of sp³-hybridized carbons (Fsp3) is 0.588. The number of nitrogens with one attached hydrogen (secondary N) is 1. The number of fused-ring (bicyclic) bond motifs is 1. The molecule has 0 spiro atoms. The van der Waals surface area contributed by atoms with Gasteiger partial charge in [-0.05, 0) is 47.9 Å². The van der Waals surface area contributed by atoms with Gasteiger partial charge in [0.05, 0.1) is 6.10 Å². The predicted molar refractivity (Wildman–Crippen MR) is 83.0 cm³/mol. The molecule has 1 aliphatic heterocycles. The van der Waals surface area contributed by atoms with Gasteiger partial charge in [0.1, 0.15) is 0 Å². The molecule has 1 aromatic rings. The number of carbonyl (C=O) groups is 1. The number of aliphatic hydroxyl groups excluding tert-OH is 1. The van der Waals surface area contributed by atoms with Gasteiger partial charge in [0, 0.05) is 19.3 Å². The number of urea groups is 1. The molecule has 0 bridgehead atoms. The van der Waals surface area contributed by atoms with Crippen LogP contribution >= 0.6 is 0 Å². The normalized spacial score (nSPS) is 27.0. The fourth-order valence-corrected chi connectivity index (χ4v) is 3.46. The van der Waals surface area contributed by atoms with Crippen LogP contribution in [0.2, 0.25) is 0 Å². The first kappa shape index (κ1) is 14.4. The highest BCUT2D eigenvalue weighted by molar-refractivity contribution is 5.92. The smallest absolute Gasteiger partial charge is 0.321 e. The molecule has 1 unspecified atom stereocenters. The van der Waals surface area contributed by atoms with E-state index in [1.807, 2.05) is 18.2 Å². The zero-order valence-electron chi connectivity index (χ0n) is 12.8. The van der Waals surface area contributed by atoms with Crippen LogP contribution in [0.25, 0.3) is 0 Å². The summed E-state index contributed by atoms with van der Waals surface area (Å²) in [7, 11) is 1.78. The van der Waals surface area contributed by atoms with E-state index in [1.54, 1.807) is 11.9 Å². The van der Waals surface area contributed by atoms with Gasteiger partial charge in [0.25, 0.3) is 0 Å². The van der Waals surface area contributed by atoms with Gasteiger partial charge in [-0.3, -0.25) is 0 Å². The lowest BCUT2D eigenvalue weighted by molar-refractivity contribution is 0.0755. The highest BCUT2D eigenvalue weighted by atomic mass is 16.3. The number of nitrogens with zero attached hydrogens (tertiary/aromatic N) is 1. The third-order valence-corrected chi connectivity index (χ3v) is 4.97. The predicted octanol–water partition coefficient (Wildman–Crippen LogP) is 3.52. The molecule has 2 aliphatic rings. The summed E-state index contributed by atoms with van der Waals surface area (Å²) in [5.41, 5.74) is 2.93. The molecule has 1 aromatic carbocycles. The quantitative estimate of drug-likeness (QED) is 0.874. The summed E-state index contributed by atoms with van der Waals surface area (Å²) in [6.45, 7) is 2.89. The Hall–Kier alpha value is -1.55. The number of amides is 2. The minimum atomic E-state index is -0.384. The molecule has 1 fully saturated rings. The number of aliphatic hydroxyl groups is 1. The standard InChI is InChI=1S/C17H24N2O2/c1-11-3-5-12(6-4-11)16(20)13-7-8-15-14(9-13)10-19(2)17(21)18-15/h7-9,11-12,16,20H,3-6,10H2,1-2H3,(H,18,21). The minimum absolute atomic E-state index is 0.0722. The van der Waals surface area contributed by atoms with Gasteiger partial charge in [0.15, 0.2) is 0 Å². The molecule has 1 atom stereocenters. The lowest BCUT2D eigenvalue weighted by Crippen LogP contribution is -2.35. The molecule has 2 amide bonds. The first-order valence-electron chi connectivity index (χ1n) is 7.87. The van der Waals surface area contributed by atoms with E-state index in [4.69, 9.17) is 0 Å². The second-order valence-corrected chi connectivity index (χ2v) is 6.67. The van der Waals surface area contributed by atoms with E-state index in [-0.39, 0.29) is 12.1 Å². The molecule has 114 valence electrons. The van der Waals surface area contributed by atoms with E-state index in [0.717, 1.165) is 35.6 Å². The third-order valence-electron chi connectivity index (χ3n) is 4.97. The number of rotatable bonds is 2. The molecular weight excluding hydrogens is 264 g/mol. The molecule has 0 aromatic heterocycles. The van der Waals surface area contributed by atoms with Crippen LogP contribution in [0, 0.1) is 11.8 Å². The van der Waals surface area contributed by atoms with E-state index in [9.17, 15) is 9.90 Å². The maximum atomic E-state index is 11.6. The van der Waals surface area contributed by atoms with Gasteiger partial charge in [-0.25, -0.2) is 4.79 Å². The van der Waals surface area contributed by atoms with Gasteiger partial charge in [-0.15, -0.1) is 0 Å². The van der Waals surface area contributed by atoms with Crippen LogP contribution in [0.5, 0.6) is 0 Å². The Labute approximate surface area is 126 Å². The Morgan fingerprint density at radius 3 is 2.71 bits per heavy atom. The van der Waals surface area contributed by atoms with Gasteiger partial charge in [-0.2, -0.15) is 0 Å². The number of hydrogen-bond donors (Lipinski definition) is 2. The van der Waals surface area contributed by atoms with E-state index in [0.29, 0.717) is 12.5 Å². The van der Waals surface area contributed by atoms with Crippen molar-refractivity contribution in [3.8, 4) is 0 Å². The van der Waals surface area contributed by atoms with Crippen LogP contribution in [-0.4, -0.2) is 23.1 Å². The topological polar surface area (TPSA) is 52.6 Å². The molecule has 0 saturated heterocycles. The van der Waals surface area contributed by atoms with Crippen LogP contribution in [0.1, 0.15) is 49.8 Å². The third kappa shape index (κ3) is 2.91. The number of carbonyl (C=O) groups excluding carboxylic acids is 1. The molecule has 1 heterocycles. The molecule has 21 heavy (non-hydrogen) atoms. The van der Waals surface area contributed by atoms with Crippen LogP contribution in [0.15, 0.2) is 18.2 Å². The molecule has 4 nitrogen and oxygen atoms in total. The Balaban J connectivity index is 1.77. The first-order chi connectivity index (χ1) is 10.0. The highest BCUT2D eigenvalue weighted by Gasteiger charge is 2.27. The Kier molecular flexibility index (Phi) is 3.89. The zero-order valence-corrected chi connectivity index (χ0v) is 12.8. The Morgan fingerprint density at radius 1 is 1.29 bits per heavy atom. The molecule has 0 radical (unpaired) electrons. The maximum absolute atomic E-state index is 11.6. The second kappa shape index (κ2) is 5.68. The number of anilines is 1.